The van der Waals surface area contributed by atoms with E-state index in [0.29, 0.717) is 5.69 Å². The van der Waals surface area contributed by atoms with E-state index in [2.05, 4.69) is 10.5 Å². The van der Waals surface area contributed by atoms with Gasteiger partial charge >= 0.3 is 5.56 Å². The van der Waals surface area contributed by atoms with Crippen molar-refractivity contribution >= 4 is 16.5 Å². The molecule has 0 atom stereocenters. The number of rotatable bonds is 2. The van der Waals surface area contributed by atoms with Crippen LogP contribution in [0.2, 0.25) is 0 Å². The van der Waals surface area contributed by atoms with Crippen LogP contribution in [0.3, 0.4) is 0 Å². The second-order valence-electron chi connectivity index (χ2n) is 4.27. The molecule has 0 bridgehead atoms. The molecule has 0 spiro atoms. The average Bonchev–Trinajstić information content (AvgIpc) is 2.48. The molecule has 0 aliphatic carbocycles. The van der Waals surface area contributed by atoms with Crippen LogP contribution in [0.1, 0.15) is 0 Å². The topological polar surface area (TPSA) is 87.1 Å². The molecule has 3 rings (SSSR count). The molecule has 6 heteroatoms. The van der Waals surface area contributed by atoms with Crippen molar-refractivity contribution in [2.75, 3.05) is 5.43 Å². The molecule has 0 fully saturated rings. The van der Waals surface area contributed by atoms with E-state index in [9.17, 15) is 14.7 Å². The van der Waals surface area contributed by atoms with Gasteiger partial charge in [0.05, 0.1) is 11.9 Å². The summed E-state index contributed by atoms with van der Waals surface area (Å²) in [4.78, 5) is 24.1. The van der Waals surface area contributed by atoms with Crippen LogP contribution in [0.4, 0.5) is 5.69 Å². The maximum Gasteiger partial charge on any atom is 0.336 e. The Kier molecular flexibility index (Phi) is 2.76. The van der Waals surface area contributed by atoms with E-state index >= 15 is 0 Å². The van der Waals surface area contributed by atoms with Crippen molar-refractivity contribution < 1.29 is 5.11 Å². The SMILES string of the molecule is O=c1c(O)c[nH]n(Nc2cccc3ccccc23)c1=O. The van der Waals surface area contributed by atoms with E-state index in [0.717, 1.165) is 21.8 Å². The third-order valence-corrected chi connectivity index (χ3v) is 2.98. The number of benzene rings is 2. The Balaban J connectivity index is 2.13. The lowest BCUT2D eigenvalue weighted by molar-refractivity contribution is 0.459. The molecule has 0 saturated carbocycles. The third-order valence-electron chi connectivity index (χ3n) is 2.98. The molecule has 0 saturated heterocycles. The van der Waals surface area contributed by atoms with Crippen LogP contribution in [-0.2, 0) is 0 Å². The quantitative estimate of drug-likeness (QED) is 0.611. The van der Waals surface area contributed by atoms with E-state index in [4.69, 9.17) is 0 Å². The van der Waals surface area contributed by atoms with Gasteiger partial charge in [0.15, 0.2) is 5.75 Å². The van der Waals surface area contributed by atoms with Gasteiger partial charge in [-0.05, 0) is 11.5 Å². The predicted octanol–water partition coefficient (Wildman–Crippen LogP) is 1.27. The predicted molar refractivity (Wildman–Crippen MR) is 76.0 cm³/mol. The summed E-state index contributed by atoms with van der Waals surface area (Å²) in [6.45, 7) is 0. The molecule has 0 radical (unpaired) electrons. The first kappa shape index (κ1) is 12.0. The summed E-state index contributed by atoms with van der Waals surface area (Å²) in [6.07, 6.45) is 1.06. The van der Waals surface area contributed by atoms with Crippen molar-refractivity contribution in [3.8, 4) is 5.75 Å². The molecule has 0 unspecified atom stereocenters. The maximum atomic E-state index is 11.7. The van der Waals surface area contributed by atoms with Crippen LogP contribution >= 0.6 is 0 Å². The van der Waals surface area contributed by atoms with Gasteiger partial charge in [-0.1, -0.05) is 36.4 Å². The van der Waals surface area contributed by atoms with Gasteiger partial charge in [0.2, 0.25) is 0 Å². The van der Waals surface area contributed by atoms with Crippen molar-refractivity contribution in [1.82, 2.24) is 9.89 Å². The number of hydrogen-bond donors (Lipinski definition) is 3. The monoisotopic (exact) mass is 269 g/mol. The van der Waals surface area contributed by atoms with Gasteiger partial charge in [-0.25, -0.2) is 0 Å². The Morgan fingerprint density at radius 1 is 1.05 bits per heavy atom. The van der Waals surface area contributed by atoms with E-state index in [1.807, 2.05) is 36.4 Å². The number of aromatic nitrogens is 2. The zero-order valence-corrected chi connectivity index (χ0v) is 10.3. The lowest BCUT2D eigenvalue weighted by atomic mass is 10.1. The molecule has 3 aromatic rings. The van der Waals surface area contributed by atoms with Crippen LogP contribution in [0, 0.1) is 0 Å². The molecule has 0 aliphatic rings. The van der Waals surface area contributed by atoms with Gasteiger partial charge in [0.1, 0.15) is 0 Å². The smallest absolute Gasteiger partial charge is 0.336 e. The highest BCUT2D eigenvalue weighted by atomic mass is 16.3. The summed E-state index contributed by atoms with van der Waals surface area (Å²) in [7, 11) is 0. The minimum Gasteiger partial charge on any atom is -0.503 e. The third kappa shape index (κ3) is 1.93. The maximum absolute atomic E-state index is 11.7. The molecule has 0 aliphatic heterocycles. The van der Waals surface area contributed by atoms with Gasteiger partial charge in [0, 0.05) is 5.39 Å². The van der Waals surface area contributed by atoms with Crippen LogP contribution in [0.5, 0.6) is 5.75 Å². The lowest BCUT2D eigenvalue weighted by Crippen LogP contribution is -2.38. The van der Waals surface area contributed by atoms with E-state index in [1.165, 1.54) is 0 Å². The summed E-state index contributed by atoms with van der Waals surface area (Å²) in [6, 6.07) is 13.2. The molecular weight excluding hydrogens is 258 g/mol. The number of nitrogens with zero attached hydrogens (tertiary/aromatic N) is 1. The number of anilines is 1. The van der Waals surface area contributed by atoms with Crippen LogP contribution < -0.4 is 16.4 Å². The highest BCUT2D eigenvalue weighted by Crippen LogP contribution is 2.22. The van der Waals surface area contributed by atoms with Crippen LogP contribution in [0.15, 0.2) is 58.3 Å². The van der Waals surface area contributed by atoms with E-state index < -0.39 is 16.7 Å². The van der Waals surface area contributed by atoms with Crippen molar-refractivity contribution in [3.63, 3.8) is 0 Å². The zero-order chi connectivity index (χ0) is 14.1. The highest BCUT2D eigenvalue weighted by molar-refractivity contribution is 5.93. The Morgan fingerprint density at radius 2 is 1.80 bits per heavy atom. The molecule has 3 N–H and O–H groups in total. The molecule has 2 aromatic carbocycles. The fourth-order valence-electron chi connectivity index (χ4n) is 1.99. The Morgan fingerprint density at radius 3 is 2.65 bits per heavy atom. The van der Waals surface area contributed by atoms with Gasteiger partial charge in [-0.15, -0.1) is 0 Å². The number of fused-ring (bicyclic) bond motifs is 1. The molecule has 1 aromatic heterocycles. The number of aromatic amines is 1. The van der Waals surface area contributed by atoms with Gasteiger partial charge < -0.3 is 5.11 Å². The summed E-state index contributed by atoms with van der Waals surface area (Å²) in [5, 5.41) is 13.6. The van der Waals surface area contributed by atoms with Crippen LogP contribution in [-0.4, -0.2) is 15.0 Å². The number of aromatic hydroxyl groups is 1. The van der Waals surface area contributed by atoms with Crippen molar-refractivity contribution in [2.45, 2.75) is 0 Å². The zero-order valence-electron chi connectivity index (χ0n) is 10.3. The summed E-state index contributed by atoms with van der Waals surface area (Å²) >= 11 is 0. The van der Waals surface area contributed by atoms with Crippen molar-refractivity contribution in [2.24, 2.45) is 0 Å². The van der Waals surface area contributed by atoms with E-state index in [-0.39, 0.29) is 0 Å². The average molecular weight is 269 g/mol. The summed E-state index contributed by atoms with van der Waals surface area (Å²) in [5.41, 5.74) is 1.65. The van der Waals surface area contributed by atoms with Crippen molar-refractivity contribution in [3.05, 3.63) is 69.2 Å². The molecule has 20 heavy (non-hydrogen) atoms. The Hall–Kier alpha value is -3.02. The number of nitrogens with one attached hydrogen (secondary N) is 2. The first-order chi connectivity index (χ1) is 9.66. The van der Waals surface area contributed by atoms with Crippen molar-refractivity contribution in [1.29, 1.82) is 0 Å². The second kappa shape index (κ2) is 4.58. The molecule has 0 amide bonds. The highest BCUT2D eigenvalue weighted by Gasteiger charge is 2.07. The lowest BCUT2D eigenvalue weighted by Gasteiger charge is -2.11. The minimum atomic E-state index is -0.962. The molecule has 1 heterocycles. The fourth-order valence-corrected chi connectivity index (χ4v) is 1.99. The molecular formula is C14H11N3O3. The largest absolute Gasteiger partial charge is 0.503 e. The Labute approximate surface area is 112 Å². The summed E-state index contributed by atoms with van der Waals surface area (Å²) in [5.74, 6) is -0.606. The second-order valence-corrected chi connectivity index (χ2v) is 4.27. The standard InChI is InChI=1S/C14H11N3O3/c18-12-8-15-17(14(20)13(12)19)16-11-7-3-5-9-4-1-2-6-10(9)11/h1-8,15-16,18H. The molecule has 100 valence electrons. The number of hydrogen-bond acceptors (Lipinski definition) is 4. The first-order valence-electron chi connectivity index (χ1n) is 5.95. The van der Waals surface area contributed by atoms with E-state index in [1.54, 1.807) is 6.07 Å². The first-order valence-corrected chi connectivity index (χ1v) is 5.95. The fraction of sp³-hybridized carbons (Fsp3) is 0. The molecule has 6 nitrogen and oxygen atoms in total. The summed E-state index contributed by atoms with van der Waals surface area (Å²) < 4.78 is 0. The minimum absolute atomic E-state index is 0.606. The van der Waals surface area contributed by atoms with Gasteiger partial charge in [0.25, 0.3) is 5.43 Å². The number of H-pyrrole nitrogens is 1. The van der Waals surface area contributed by atoms with Crippen LogP contribution in [0.25, 0.3) is 10.8 Å². The normalized spacial score (nSPS) is 10.6. The Bertz CT molecular complexity index is 891. The van der Waals surface area contributed by atoms with Gasteiger partial charge in [-0.3, -0.25) is 20.1 Å². The van der Waals surface area contributed by atoms with Gasteiger partial charge in [-0.2, -0.15) is 4.79 Å².